The van der Waals surface area contributed by atoms with E-state index in [9.17, 15) is 4.79 Å². The van der Waals surface area contributed by atoms with E-state index in [1.807, 2.05) is 12.1 Å². The number of aryl methyl sites for hydroxylation is 1. The molecule has 0 aromatic heterocycles. The molecule has 3 nitrogen and oxygen atoms in total. The van der Waals surface area contributed by atoms with Crippen LogP contribution in [0.15, 0.2) is 48.5 Å². The Bertz CT molecular complexity index is 605. The van der Waals surface area contributed by atoms with Gasteiger partial charge in [0.25, 0.3) is 0 Å². The molecular formula is C18H21NO2. The summed E-state index contributed by atoms with van der Waals surface area (Å²) in [7, 11) is 0. The fourth-order valence-corrected chi connectivity index (χ4v) is 2.21. The van der Waals surface area contributed by atoms with Crippen LogP contribution in [0.1, 0.15) is 18.1 Å². The minimum atomic E-state index is -0.613. The highest BCUT2D eigenvalue weighted by atomic mass is 16.5. The van der Waals surface area contributed by atoms with Crippen molar-refractivity contribution in [3.8, 4) is 11.1 Å². The molecule has 0 fully saturated rings. The summed E-state index contributed by atoms with van der Waals surface area (Å²) >= 11 is 0. The van der Waals surface area contributed by atoms with Crippen LogP contribution in [0.25, 0.3) is 11.1 Å². The normalized spacial score (nSPS) is 12.0. The molecule has 0 spiro atoms. The van der Waals surface area contributed by atoms with Gasteiger partial charge >= 0.3 is 5.97 Å². The molecule has 3 heteroatoms. The zero-order valence-electron chi connectivity index (χ0n) is 12.5. The van der Waals surface area contributed by atoms with E-state index in [1.165, 1.54) is 5.56 Å². The number of ether oxygens (including phenoxy) is 1. The topological polar surface area (TPSA) is 52.3 Å². The molecule has 2 N–H and O–H groups in total. The Morgan fingerprint density at radius 3 is 2.52 bits per heavy atom. The molecule has 0 bridgehead atoms. The first-order chi connectivity index (χ1) is 10.1. The van der Waals surface area contributed by atoms with Crippen molar-refractivity contribution in [1.29, 1.82) is 0 Å². The van der Waals surface area contributed by atoms with Crippen molar-refractivity contribution in [3.63, 3.8) is 0 Å². The summed E-state index contributed by atoms with van der Waals surface area (Å²) < 4.78 is 4.94. The Morgan fingerprint density at radius 1 is 1.14 bits per heavy atom. The van der Waals surface area contributed by atoms with E-state index in [4.69, 9.17) is 10.5 Å². The van der Waals surface area contributed by atoms with Crippen molar-refractivity contribution >= 4 is 5.97 Å². The summed E-state index contributed by atoms with van der Waals surface area (Å²) in [6, 6.07) is 15.9. The van der Waals surface area contributed by atoms with Gasteiger partial charge in [-0.2, -0.15) is 0 Å². The number of rotatable bonds is 5. The fraction of sp³-hybridized carbons (Fsp3) is 0.278. The molecular weight excluding hydrogens is 262 g/mol. The van der Waals surface area contributed by atoms with Crippen molar-refractivity contribution in [1.82, 2.24) is 0 Å². The summed E-state index contributed by atoms with van der Waals surface area (Å²) in [5.74, 6) is -0.349. The van der Waals surface area contributed by atoms with Gasteiger partial charge in [0.2, 0.25) is 0 Å². The van der Waals surface area contributed by atoms with Crippen molar-refractivity contribution in [2.75, 3.05) is 6.61 Å². The highest BCUT2D eigenvalue weighted by Gasteiger charge is 2.15. The molecule has 0 heterocycles. The number of hydrogen-bond donors (Lipinski definition) is 1. The van der Waals surface area contributed by atoms with Crippen LogP contribution < -0.4 is 5.73 Å². The monoisotopic (exact) mass is 283 g/mol. The van der Waals surface area contributed by atoms with E-state index in [0.717, 1.165) is 16.7 Å². The van der Waals surface area contributed by atoms with Crippen LogP contribution in [-0.4, -0.2) is 18.6 Å². The maximum atomic E-state index is 11.6. The summed E-state index contributed by atoms with van der Waals surface area (Å²) in [4.78, 5) is 11.6. The molecule has 1 unspecified atom stereocenters. The van der Waals surface area contributed by atoms with Gasteiger partial charge < -0.3 is 10.5 Å². The zero-order valence-corrected chi connectivity index (χ0v) is 12.5. The van der Waals surface area contributed by atoms with E-state index in [0.29, 0.717) is 13.0 Å². The SMILES string of the molecule is CCOC(=O)C(N)Cc1cccc(-c2ccc(C)cc2)c1. The lowest BCUT2D eigenvalue weighted by Crippen LogP contribution is -2.34. The van der Waals surface area contributed by atoms with Crippen molar-refractivity contribution in [2.24, 2.45) is 5.73 Å². The van der Waals surface area contributed by atoms with Gasteiger partial charge in [-0.3, -0.25) is 4.79 Å². The van der Waals surface area contributed by atoms with Gasteiger partial charge in [0.1, 0.15) is 6.04 Å². The second-order valence-corrected chi connectivity index (χ2v) is 5.13. The summed E-state index contributed by atoms with van der Waals surface area (Å²) in [5.41, 5.74) is 10.4. The highest BCUT2D eigenvalue weighted by molar-refractivity contribution is 5.76. The Labute approximate surface area is 125 Å². The number of benzene rings is 2. The summed E-state index contributed by atoms with van der Waals surface area (Å²) in [6.45, 7) is 4.21. The lowest BCUT2D eigenvalue weighted by atomic mass is 9.99. The van der Waals surface area contributed by atoms with Crippen LogP contribution in [0.4, 0.5) is 0 Å². The van der Waals surface area contributed by atoms with E-state index >= 15 is 0 Å². The van der Waals surface area contributed by atoms with Gasteiger partial charge in [0.15, 0.2) is 0 Å². The minimum absolute atomic E-state index is 0.349. The maximum absolute atomic E-state index is 11.6. The van der Waals surface area contributed by atoms with Gasteiger partial charge in [-0.25, -0.2) is 0 Å². The van der Waals surface area contributed by atoms with Gasteiger partial charge in [-0.1, -0.05) is 54.1 Å². The Morgan fingerprint density at radius 2 is 1.86 bits per heavy atom. The Balaban J connectivity index is 2.14. The van der Waals surface area contributed by atoms with Crippen LogP contribution in [0.3, 0.4) is 0 Å². The van der Waals surface area contributed by atoms with Gasteiger partial charge in [-0.05, 0) is 37.0 Å². The molecule has 2 rings (SSSR count). The molecule has 0 saturated heterocycles. The number of carbonyl (C=O) groups is 1. The van der Waals surface area contributed by atoms with E-state index < -0.39 is 6.04 Å². The Kier molecular flexibility index (Phi) is 5.12. The fourth-order valence-electron chi connectivity index (χ4n) is 2.21. The number of hydrogen-bond acceptors (Lipinski definition) is 3. The number of esters is 1. The molecule has 110 valence electrons. The van der Waals surface area contributed by atoms with Crippen molar-refractivity contribution in [2.45, 2.75) is 26.3 Å². The van der Waals surface area contributed by atoms with Gasteiger partial charge in [0, 0.05) is 0 Å². The third-order valence-corrected chi connectivity index (χ3v) is 3.36. The average Bonchev–Trinajstić information content (AvgIpc) is 2.48. The molecule has 0 amide bonds. The quantitative estimate of drug-likeness (QED) is 0.858. The van der Waals surface area contributed by atoms with E-state index in [1.54, 1.807) is 6.92 Å². The first-order valence-corrected chi connectivity index (χ1v) is 7.18. The summed E-state index contributed by atoms with van der Waals surface area (Å²) in [6.07, 6.45) is 0.485. The minimum Gasteiger partial charge on any atom is -0.465 e. The van der Waals surface area contributed by atoms with Crippen LogP contribution in [0.5, 0.6) is 0 Å². The number of nitrogens with two attached hydrogens (primary N) is 1. The van der Waals surface area contributed by atoms with Gasteiger partial charge in [0.05, 0.1) is 6.61 Å². The highest BCUT2D eigenvalue weighted by Crippen LogP contribution is 2.21. The third kappa shape index (κ3) is 4.17. The van der Waals surface area contributed by atoms with E-state index in [2.05, 4.69) is 43.3 Å². The average molecular weight is 283 g/mol. The molecule has 21 heavy (non-hydrogen) atoms. The predicted octanol–water partition coefficient (Wildman–Crippen LogP) is 3.09. The first kappa shape index (κ1) is 15.3. The molecule has 2 aromatic carbocycles. The maximum Gasteiger partial charge on any atom is 0.323 e. The first-order valence-electron chi connectivity index (χ1n) is 7.18. The second-order valence-electron chi connectivity index (χ2n) is 5.13. The molecule has 0 saturated carbocycles. The molecule has 0 aliphatic carbocycles. The van der Waals surface area contributed by atoms with Crippen LogP contribution >= 0.6 is 0 Å². The van der Waals surface area contributed by atoms with Crippen LogP contribution in [0, 0.1) is 6.92 Å². The number of carbonyl (C=O) groups excluding carboxylic acids is 1. The van der Waals surface area contributed by atoms with Gasteiger partial charge in [-0.15, -0.1) is 0 Å². The zero-order chi connectivity index (χ0) is 15.2. The lowest BCUT2D eigenvalue weighted by Gasteiger charge is -2.11. The smallest absolute Gasteiger partial charge is 0.323 e. The van der Waals surface area contributed by atoms with Crippen LogP contribution in [0.2, 0.25) is 0 Å². The molecule has 1 atom stereocenters. The second kappa shape index (κ2) is 7.04. The van der Waals surface area contributed by atoms with Crippen molar-refractivity contribution in [3.05, 3.63) is 59.7 Å². The summed E-state index contributed by atoms with van der Waals surface area (Å²) in [5, 5.41) is 0. The predicted molar refractivity (Wildman–Crippen MR) is 84.9 cm³/mol. The Hall–Kier alpha value is -2.13. The molecule has 0 radical (unpaired) electrons. The standard InChI is InChI=1S/C18H21NO2/c1-3-21-18(20)17(19)12-14-5-4-6-16(11-14)15-9-7-13(2)8-10-15/h4-11,17H,3,12,19H2,1-2H3. The van der Waals surface area contributed by atoms with Crippen molar-refractivity contribution < 1.29 is 9.53 Å². The van der Waals surface area contributed by atoms with E-state index in [-0.39, 0.29) is 5.97 Å². The molecule has 0 aliphatic heterocycles. The molecule has 2 aromatic rings. The largest absolute Gasteiger partial charge is 0.465 e. The third-order valence-electron chi connectivity index (χ3n) is 3.36. The lowest BCUT2D eigenvalue weighted by molar-refractivity contribution is -0.144. The molecule has 0 aliphatic rings. The van der Waals surface area contributed by atoms with Crippen LogP contribution in [-0.2, 0) is 16.0 Å².